The van der Waals surface area contributed by atoms with E-state index in [9.17, 15) is 5.11 Å². The van der Waals surface area contributed by atoms with Crippen LogP contribution in [-0.2, 0) is 0 Å². The normalized spacial score (nSPS) is 24.4. The predicted molar refractivity (Wildman–Crippen MR) is 80.6 cm³/mol. The predicted octanol–water partition coefficient (Wildman–Crippen LogP) is 3.89. The van der Waals surface area contributed by atoms with E-state index >= 15 is 0 Å². The van der Waals surface area contributed by atoms with Crippen LogP contribution in [0.3, 0.4) is 0 Å². The first kappa shape index (κ1) is 15.0. The molecule has 0 spiro atoms. The van der Waals surface area contributed by atoms with Crippen LogP contribution >= 0.6 is 0 Å². The van der Waals surface area contributed by atoms with Crippen molar-refractivity contribution in [1.29, 1.82) is 0 Å². The molecule has 110 valence electrons. The summed E-state index contributed by atoms with van der Waals surface area (Å²) in [4.78, 5) is 4.19. The minimum absolute atomic E-state index is 0.115. The third kappa shape index (κ3) is 3.83. The summed E-state index contributed by atoms with van der Waals surface area (Å²) in [6.45, 7) is 8.32. The van der Waals surface area contributed by atoms with E-state index < -0.39 is 6.10 Å². The molecule has 3 nitrogen and oxygen atoms in total. The van der Waals surface area contributed by atoms with E-state index in [4.69, 9.17) is 4.74 Å². The molecule has 0 radical (unpaired) electrons. The lowest BCUT2D eigenvalue weighted by molar-refractivity contribution is 0.0924. The molecule has 0 aromatic carbocycles. The smallest absolute Gasteiger partial charge is 0.138 e. The van der Waals surface area contributed by atoms with Gasteiger partial charge in [0.15, 0.2) is 0 Å². The molecule has 1 N–H and O–H groups in total. The molecule has 0 aliphatic heterocycles. The van der Waals surface area contributed by atoms with Crippen molar-refractivity contribution in [3.8, 4) is 5.75 Å². The highest BCUT2D eigenvalue weighted by molar-refractivity contribution is 5.26. The summed E-state index contributed by atoms with van der Waals surface area (Å²) in [5, 5.41) is 10.6. The van der Waals surface area contributed by atoms with Crippen LogP contribution in [0.15, 0.2) is 30.1 Å². The quantitative estimate of drug-likeness (QED) is 0.848. The summed E-state index contributed by atoms with van der Waals surface area (Å²) in [6, 6.07) is 1.91. The van der Waals surface area contributed by atoms with Crippen LogP contribution in [0.4, 0.5) is 0 Å². The molecule has 0 bridgehead atoms. The van der Waals surface area contributed by atoms with Crippen LogP contribution in [0.2, 0.25) is 0 Å². The molecule has 3 unspecified atom stereocenters. The fourth-order valence-electron chi connectivity index (χ4n) is 3.04. The fourth-order valence-corrected chi connectivity index (χ4v) is 3.04. The highest BCUT2D eigenvalue weighted by atomic mass is 16.5. The summed E-state index contributed by atoms with van der Waals surface area (Å²) in [7, 11) is 0. The van der Waals surface area contributed by atoms with Crippen LogP contribution in [-0.4, -0.2) is 16.2 Å². The number of aliphatic hydroxyl groups is 1. The van der Waals surface area contributed by atoms with Crippen molar-refractivity contribution in [3.05, 3.63) is 35.7 Å². The topological polar surface area (TPSA) is 42.4 Å². The number of ether oxygens (including phenoxy) is 1. The summed E-state index contributed by atoms with van der Waals surface area (Å²) >= 11 is 0. The molecule has 1 heterocycles. The minimum atomic E-state index is -0.468. The average Bonchev–Trinajstić information content (AvgIpc) is 2.36. The second kappa shape index (κ2) is 6.40. The van der Waals surface area contributed by atoms with Crippen molar-refractivity contribution < 1.29 is 9.84 Å². The Morgan fingerprint density at radius 2 is 2.10 bits per heavy atom. The van der Waals surface area contributed by atoms with Crippen LogP contribution < -0.4 is 4.74 Å². The maximum atomic E-state index is 10.6. The van der Waals surface area contributed by atoms with Crippen molar-refractivity contribution in [2.75, 3.05) is 0 Å². The Kier molecular flexibility index (Phi) is 4.81. The first-order valence-electron chi connectivity index (χ1n) is 7.42. The minimum Gasteiger partial charge on any atom is -0.489 e. The van der Waals surface area contributed by atoms with Gasteiger partial charge in [-0.2, -0.15) is 0 Å². The van der Waals surface area contributed by atoms with Gasteiger partial charge in [0.25, 0.3) is 0 Å². The Morgan fingerprint density at radius 1 is 1.35 bits per heavy atom. The van der Waals surface area contributed by atoms with E-state index in [2.05, 4.69) is 24.9 Å². The van der Waals surface area contributed by atoms with Gasteiger partial charge in [0.1, 0.15) is 5.75 Å². The molecule has 1 aromatic heterocycles. The molecular weight excluding hydrogens is 250 g/mol. The molecule has 1 aliphatic rings. The fraction of sp³-hybridized carbons (Fsp3) is 0.588. The number of hydrogen-bond acceptors (Lipinski definition) is 3. The largest absolute Gasteiger partial charge is 0.489 e. The molecule has 0 fully saturated rings. The molecule has 0 amide bonds. The van der Waals surface area contributed by atoms with Gasteiger partial charge >= 0.3 is 0 Å². The van der Waals surface area contributed by atoms with Crippen molar-refractivity contribution in [3.63, 3.8) is 0 Å². The van der Waals surface area contributed by atoms with E-state index in [1.807, 2.05) is 19.9 Å². The van der Waals surface area contributed by atoms with Crippen molar-refractivity contribution in [1.82, 2.24) is 4.98 Å². The van der Waals surface area contributed by atoms with Crippen molar-refractivity contribution in [2.45, 2.75) is 52.7 Å². The number of nitrogens with zero attached hydrogens (tertiary/aromatic N) is 1. The zero-order chi connectivity index (χ0) is 14.7. The van der Waals surface area contributed by atoms with Gasteiger partial charge in [0.2, 0.25) is 0 Å². The first-order chi connectivity index (χ1) is 9.45. The number of aliphatic hydroxyl groups excluding tert-OH is 1. The average molecular weight is 275 g/mol. The maximum Gasteiger partial charge on any atom is 0.138 e. The first-order valence-corrected chi connectivity index (χ1v) is 7.42. The zero-order valence-corrected chi connectivity index (χ0v) is 12.8. The van der Waals surface area contributed by atoms with Gasteiger partial charge in [-0.05, 0) is 51.5 Å². The van der Waals surface area contributed by atoms with Crippen LogP contribution in [0.1, 0.15) is 52.2 Å². The molecule has 2 rings (SSSR count). The SMILES string of the molecule is CC1=CC(C)CC(C(O)c2cncc(OC(C)C)c2)C1. The van der Waals surface area contributed by atoms with Crippen molar-refractivity contribution >= 4 is 0 Å². The number of hydrogen-bond donors (Lipinski definition) is 1. The Balaban J connectivity index is 2.12. The van der Waals surface area contributed by atoms with Crippen LogP contribution in [0.25, 0.3) is 0 Å². The Labute approximate surface area is 121 Å². The van der Waals surface area contributed by atoms with E-state index in [0.29, 0.717) is 5.92 Å². The van der Waals surface area contributed by atoms with Gasteiger partial charge in [0.05, 0.1) is 18.4 Å². The molecule has 3 atom stereocenters. The summed E-state index contributed by atoms with van der Waals surface area (Å²) in [5.74, 6) is 1.53. The number of rotatable bonds is 4. The third-order valence-electron chi connectivity index (χ3n) is 3.72. The number of pyridine rings is 1. The number of allylic oxidation sites excluding steroid dienone is 2. The van der Waals surface area contributed by atoms with E-state index in [1.165, 1.54) is 5.57 Å². The molecule has 3 heteroatoms. The number of aromatic nitrogens is 1. The molecule has 20 heavy (non-hydrogen) atoms. The lowest BCUT2D eigenvalue weighted by Crippen LogP contribution is -2.19. The Hall–Kier alpha value is -1.35. The second-order valence-electron chi connectivity index (χ2n) is 6.26. The molecular formula is C17H25NO2. The maximum absolute atomic E-state index is 10.6. The van der Waals surface area contributed by atoms with Gasteiger partial charge in [-0.1, -0.05) is 18.6 Å². The van der Waals surface area contributed by atoms with Gasteiger partial charge in [-0.3, -0.25) is 4.98 Å². The summed E-state index contributed by atoms with van der Waals surface area (Å²) in [5.41, 5.74) is 2.23. The van der Waals surface area contributed by atoms with Gasteiger partial charge < -0.3 is 9.84 Å². The van der Waals surface area contributed by atoms with E-state index in [1.54, 1.807) is 12.4 Å². The molecule has 1 aromatic rings. The molecule has 0 saturated heterocycles. The van der Waals surface area contributed by atoms with Crippen LogP contribution in [0, 0.1) is 11.8 Å². The molecule has 1 aliphatic carbocycles. The lowest BCUT2D eigenvalue weighted by atomic mass is 9.79. The lowest BCUT2D eigenvalue weighted by Gasteiger charge is -2.29. The van der Waals surface area contributed by atoms with Gasteiger partial charge in [-0.15, -0.1) is 0 Å². The van der Waals surface area contributed by atoms with E-state index in [-0.39, 0.29) is 12.0 Å². The van der Waals surface area contributed by atoms with Gasteiger partial charge in [0, 0.05) is 11.8 Å². The highest BCUT2D eigenvalue weighted by Gasteiger charge is 2.26. The van der Waals surface area contributed by atoms with Crippen LogP contribution in [0.5, 0.6) is 5.75 Å². The van der Waals surface area contributed by atoms with E-state index in [0.717, 1.165) is 24.2 Å². The summed E-state index contributed by atoms with van der Waals surface area (Å²) in [6.07, 6.45) is 7.38. The third-order valence-corrected chi connectivity index (χ3v) is 3.72. The van der Waals surface area contributed by atoms with Gasteiger partial charge in [-0.25, -0.2) is 0 Å². The zero-order valence-electron chi connectivity index (χ0n) is 12.8. The highest BCUT2D eigenvalue weighted by Crippen LogP contribution is 2.37. The van der Waals surface area contributed by atoms with Crippen molar-refractivity contribution in [2.24, 2.45) is 11.8 Å². The summed E-state index contributed by atoms with van der Waals surface area (Å²) < 4.78 is 5.65. The second-order valence-corrected chi connectivity index (χ2v) is 6.26. The monoisotopic (exact) mass is 275 g/mol. The standard InChI is InChI=1S/C17H25NO2/c1-11(2)20-16-8-15(9-18-10-16)17(19)14-6-12(3)5-13(4)7-14/h5,8-12,14,17,19H,6-7H2,1-4H3. The molecule has 0 saturated carbocycles. The Bertz CT molecular complexity index is 482. The Morgan fingerprint density at radius 3 is 2.75 bits per heavy atom.